The summed E-state index contributed by atoms with van der Waals surface area (Å²) in [6.45, 7) is 0.603. The quantitative estimate of drug-likeness (QED) is 0.319. The summed E-state index contributed by atoms with van der Waals surface area (Å²) in [5, 5.41) is 11.9. The largest absolute Gasteiger partial charge is 0.493 e. The first kappa shape index (κ1) is 17.6. The lowest BCUT2D eigenvalue weighted by atomic mass is 10.1. The number of aromatic amines is 1. The van der Waals surface area contributed by atoms with Crippen LogP contribution in [0.15, 0.2) is 59.9 Å². The number of rotatable bonds is 7. The summed E-state index contributed by atoms with van der Waals surface area (Å²) in [7, 11) is 0. The Hall–Kier alpha value is -2.44. The highest BCUT2D eigenvalue weighted by molar-refractivity contribution is 7.99. The molecule has 1 aliphatic carbocycles. The molecule has 0 bridgehead atoms. The van der Waals surface area contributed by atoms with E-state index in [1.165, 1.54) is 18.2 Å². The summed E-state index contributed by atoms with van der Waals surface area (Å²) in [4.78, 5) is 3.34. The number of aromatic nitrogens is 4. The van der Waals surface area contributed by atoms with Crippen LogP contribution in [0.3, 0.4) is 0 Å². The third kappa shape index (κ3) is 3.50. The van der Waals surface area contributed by atoms with Gasteiger partial charge in [-0.15, -0.1) is 10.2 Å². The molecule has 1 aliphatic rings. The second-order valence-electron chi connectivity index (χ2n) is 6.81. The van der Waals surface area contributed by atoms with Crippen LogP contribution in [0.4, 0.5) is 0 Å². The molecule has 1 saturated carbocycles. The van der Waals surface area contributed by atoms with E-state index in [-0.39, 0.29) is 0 Å². The number of halogens is 1. The van der Waals surface area contributed by atoms with Gasteiger partial charge in [0.2, 0.25) is 0 Å². The van der Waals surface area contributed by atoms with Gasteiger partial charge in [-0.1, -0.05) is 41.6 Å². The molecule has 0 spiro atoms. The van der Waals surface area contributed by atoms with Crippen LogP contribution >= 0.6 is 23.4 Å². The van der Waals surface area contributed by atoms with Gasteiger partial charge in [-0.3, -0.25) is 4.57 Å². The number of para-hydroxylation sites is 1. The van der Waals surface area contributed by atoms with Crippen LogP contribution in [-0.4, -0.2) is 32.1 Å². The Balaban J connectivity index is 1.32. The van der Waals surface area contributed by atoms with Crippen LogP contribution < -0.4 is 4.74 Å². The van der Waals surface area contributed by atoms with E-state index in [4.69, 9.17) is 16.3 Å². The Labute approximate surface area is 172 Å². The molecule has 2 heterocycles. The van der Waals surface area contributed by atoms with E-state index in [0.29, 0.717) is 17.7 Å². The molecule has 0 radical (unpaired) electrons. The van der Waals surface area contributed by atoms with E-state index in [0.717, 1.165) is 33.6 Å². The van der Waals surface area contributed by atoms with Crippen molar-refractivity contribution in [3.8, 4) is 17.1 Å². The third-order valence-electron chi connectivity index (χ3n) is 4.80. The molecular formula is C21H19ClN4OS. The fraction of sp³-hybridized carbons (Fsp3) is 0.238. The molecule has 142 valence electrons. The molecule has 5 rings (SSSR count). The summed E-state index contributed by atoms with van der Waals surface area (Å²) in [5.41, 5.74) is 2.23. The zero-order valence-electron chi connectivity index (χ0n) is 15.1. The van der Waals surface area contributed by atoms with Crippen molar-refractivity contribution in [2.45, 2.75) is 24.0 Å². The topological polar surface area (TPSA) is 55.7 Å². The molecule has 4 aromatic rings. The van der Waals surface area contributed by atoms with Crippen molar-refractivity contribution in [2.24, 2.45) is 0 Å². The van der Waals surface area contributed by atoms with Gasteiger partial charge in [0, 0.05) is 39.5 Å². The lowest BCUT2D eigenvalue weighted by Gasteiger charge is -2.09. The number of H-pyrrole nitrogens is 1. The monoisotopic (exact) mass is 410 g/mol. The maximum atomic E-state index is 5.91. The van der Waals surface area contributed by atoms with E-state index >= 15 is 0 Å². The average Bonchev–Trinajstić information content (AvgIpc) is 3.33. The highest BCUT2D eigenvalue weighted by Crippen LogP contribution is 2.42. The molecule has 0 saturated heterocycles. The number of nitrogens with one attached hydrogen (secondary N) is 1. The molecule has 2 aromatic heterocycles. The Kier molecular flexibility index (Phi) is 4.74. The normalized spacial score (nSPS) is 13.9. The van der Waals surface area contributed by atoms with Crippen LogP contribution in [0.25, 0.3) is 22.3 Å². The van der Waals surface area contributed by atoms with Crippen molar-refractivity contribution in [3.63, 3.8) is 0 Å². The highest BCUT2D eigenvalue weighted by Gasteiger charge is 2.30. The number of hydrogen-bond acceptors (Lipinski definition) is 4. The van der Waals surface area contributed by atoms with Gasteiger partial charge in [0.1, 0.15) is 5.75 Å². The molecule has 0 amide bonds. The predicted molar refractivity (Wildman–Crippen MR) is 113 cm³/mol. The Morgan fingerprint density at radius 3 is 2.75 bits per heavy atom. The van der Waals surface area contributed by atoms with Crippen molar-refractivity contribution in [1.82, 2.24) is 19.7 Å². The van der Waals surface area contributed by atoms with Crippen LogP contribution in [0.2, 0.25) is 5.02 Å². The molecule has 28 heavy (non-hydrogen) atoms. The van der Waals surface area contributed by atoms with Gasteiger partial charge in [-0.05, 0) is 43.2 Å². The summed E-state index contributed by atoms with van der Waals surface area (Å²) in [6.07, 6.45) is 4.40. The standard InChI is InChI=1S/C21H19ClN4OS/c22-14-5-9-16(10-6-14)27-11-12-28-21-25-24-20(26(21)15-7-8-15)18-13-23-19-4-2-1-3-17(18)19/h1-6,9-10,13,15,23H,7-8,11-12H2. The van der Waals surface area contributed by atoms with E-state index in [2.05, 4.69) is 37.9 Å². The molecule has 7 heteroatoms. The summed E-state index contributed by atoms with van der Waals surface area (Å²) in [6, 6.07) is 16.2. The zero-order chi connectivity index (χ0) is 18.9. The Morgan fingerprint density at radius 1 is 1.11 bits per heavy atom. The minimum atomic E-state index is 0.498. The van der Waals surface area contributed by atoms with Crippen molar-refractivity contribution in [3.05, 3.63) is 59.8 Å². The molecule has 1 fully saturated rings. The molecule has 0 aliphatic heterocycles. The second-order valence-corrected chi connectivity index (χ2v) is 8.30. The first-order valence-corrected chi connectivity index (χ1v) is 10.7. The number of thioether (sulfide) groups is 1. The van der Waals surface area contributed by atoms with Gasteiger partial charge in [-0.25, -0.2) is 0 Å². The lowest BCUT2D eigenvalue weighted by molar-refractivity contribution is 0.344. The SMILES string of the molecule is Clc1ccc(OCCSc2nnc(-c3c[nH]c4ccccc34)n2C2CC2)cc1. The zero-order valence-corrected chi connectivity index (χ0v) is 16.7. The minimum absolute atomic E-state index is 0.498. The van der Waals surface area contributed by atoms with E-state index in [1.807, 2.05) is 36.5 Å². The number of benzene rings is 2. The lowest BCUT2D eigenvalue weighted by Crippen LogP contribution is -2.03. The van der Waals surface area contributed by atoms with E-state index < -0.39 is 0 Å². The summed E-state index contributed by atoms with van der Waals surface area (Å²) >= 11 is 7.60. The van der Waals surface area contributed by atoms with Crippen molar-refractivity contribution >= 4 is 34.3 Å². The highest BCUT2D eigenvalue weighted by atomic mass is 35.5. The van der Waals surface area contributed by atoms with Gasteiger partial charge >= 0.3 is 0 Å². The number of fused-ring (bicyclic) bond motifs is 1. The van der Waals surface area contributed by atoms with Crippen molar-refractivity contribution < 1.29 is 4.74 Å². The van der Waals surface area contributed by atoms with Gasteiger partial charge in [-0.2, -0.15) is 0 Å². The fourth-order valence-electron chi connectivity index (χ4n) is 3.30. The summed E-state index contributed by atoms with van der Waals surface area (Å²) < 4.78 is 8.09. The Bertz CT molecular complexity index is 1100. The predicted octanol–water partition coefficient (Wildman–Crippen LogP) is 5.59. The van der Waals surface area contributed by atoms with Gasteiger partial charge in [0.15, 0.2) is 11.0 Å². The van der Waals surface area contributed by atoms with E-state index in [9.17, 15) is 0 Å². The van der Waals surface area contributed by atoms with Crippen molar-refractivity contribution in [2.75, 3.05) is 12.4 Å². The number of nitrogens with zero attached hydrogens (tertiary/aromatic N) is 3. The maximum absolute atomic E-state index is 5.91. The van der Waals surface area contributed by atoms with Gasteiger partial charge in [0.25, 0.3) is 0 Å². The van der Waals surface area contributed by atoms with Crippen LogP contribution in [-0.2, 0) is 0 Å². The second kappa shape index (κ2) is 7.53. The first-order valence-electron chi connectivity index (χ1n) is 9.32. The smallest absolute Gasteiger partial charge is 0.191 e. The fourth-order valence-corrected chi connectivity index (χ4v) is 4.25. The molecule has 1 N–H and O–H groups in total. The minimum Gasteiger partial charge on any atom is -0.493 e. The molecule has 0 atom stereocenters. The van der Waals surface area contributed by atoms with Crippen LogP contribution in [0.5, 0.6) is 5.75 Å². The van der Waals surface area contributed by atoms with Gasteiger partial charge in [0.05, 0.1) is 6.61 Å². The maximum Gasteiger partial charge on any atom is 0.191 e. The molecule has 2 aromatic carbocycles. The first-order chi connectivity index (χ1) is 13.8. The van der Waals surface area contributed by atoms with Gasteiger partial charge < -0.3 is 9.72 Å². The Morgan fingerprint density at radius 2 is 1.93 bits per heavy atom. The molecule has 5 nitrogen and oxygen atoms in total. The number of hydrogen-bond donors (Lipinski definition) is 1. The van der Waals surface area contributed by atoms with Crippen molar-refractivity contribution in [1.29, 1.82) is 0 Å². The molecular weight excluding hydrogens is 392 g/mol. The third-order valence-corrected chi connectivity index (χ3v) is 5.96. The number of ether oxygens (including phenoxy) is 1. The molecule has 0 unspecified atom stereocenters. The van der Waals surface area contributed by atoms with E-state index in [1.54, 1.807) is 11.8 Å². The average molecular weight is 411 g/mol. The summed E-state index contributed by atoms with van der Waals surface area (Å²) in [5.74, 6) is 2.58. The van der Waals surface area contributed by atoms with Crippen LogP contribution in [0, 0.1) is 0 Å². The van der Waals surface area contributed by atoms with Crippen LogP contribution in [0.1, 0.15) is 18.9 Å².